The van der Waals surface area contributed by atoms with E-state index in [1.54, 1.807) is 0 Å². The lowest BCUT2D eigenvalue weighted by molar-refractivity contribution is -0.145. The van der Waals surface area contributed by atoms with Crippen LogP contribution in [0.5, 0.6) is 0 Å². The van der Waals surface area contributed by atoms with Crippen LogP contribution in [0.4, 0.5) is 0 Å². The van der Waals surface area contributed by atoms with Crippen LogP contribution in [0.25, 0.3) is 0 Å². The molecule has 1 aliphatic carbocycles. The Balaban J connectivity index is 2.66. The molecule has 0 amide bonds. The van der Waals surface area contributed by atoms with E-state index in [4.69, 9.17) is 4.74 Å². The Kier molecular flexibility index (Phi) is 2.69. The SMILES string of the molecule is CCOC(=O)C1C=C(C)C=C1C. The fourth-order valence-electron chi connectivity index (χ4n) is 1.38. The predicted octanol–water partition coefficient (Wildman–Crippen LogP) is 2.07. The highest BCUT2D eigenvalue weighted by Crippen LogP contribution is 2.24. The van der Waals surface area contributed by atoms with Crippen molar-refractivity contribution >= 4 is 5.97 Å². The first-order valence-electron chi connectivity index (χ1n) is 4.18. The monoisotopic (exact) mass is 166 g/mol. The highest BCUT2D eigenvalue weighted by Gasteiger charge is 2.22. The molecule has 0 saturated heterocycles. The van der Waals surface area contributed by atoms with Gasteiger partial charge >= 0.3 is 5.97 Å². The van der Waals surface area contributed by atoms with Crippen LogP contribution in [-0.4, -0.2) is 12.6 Å². The maximum Gasteiger partial charge on any atom is 0.316 e. The van der Waals surface area contributed by atoms with Crippen molar-refractivity contribution in [1.29, 1.82) is 0 Å². The lowest BCUT2D eigenvalue weighted by Gasteiger charge is -2.07. The van der Waals surface area contributed by atoms with E-state index >= 15 is 0 Å². The Morgan fingerprint density at radius 2 is 2.25 bits per heavy atom. The van der Waals surface area contributed by atoms with Gasteiger partial charge in [-0.25, -0.2) is 0 Å². The zero-order valence-corrected chi connectivity index (χ0v) is 7.76. The number of carbonyl (C=O) groups is 1. The summed E-state index contributed by atoms with van der Waals surface area (Å²) in [7, 11) is 0. The smallest absolute Gasteiger partial charge is 0.316 e. The summed E-state index contributed by atoms with van der Waals surface area (Å²) in [5.74, 6) is -0.270. The number of allylic oxidation sites excluding steroid dienone is 2. The molecule has 2 heteroatoms. The Labute approximate surface area is 72.9 Å². The standard InChI is InChI=1S/C10H14O2/c1-4-12-10(11)9-6-7(2)5-8(9)3/h5-6,9H,4H2,1-3H3. The van der Waals surface area contributed by atoms with Crippen molar-refractivity contribution in [3.8, 4) is 0 Å². The minimum Gasteiger partial charge on any atom is -0.465 e. The lowest BCUT2D eigenvalue weighted by Crippen LogP contribution is -2.15. The van der Waals surface area contributed by atoms with Gasteiger partial charge in [0.1, 0.15) is 0 Å². The molecule has 0 aliphatic heterocycles. The maximum absolute atomic E-state index is 11.3. The molecule has 0 fully saturated rings. The van der Waals surface area contributed by atoms with Crippen LogP contribution < -0.4 is 0 Å². The van der Waals surface area contributed by atoms with Crippen LogP contribution in [-0.2, 0) is 9.53 Å². The van der Waals surface area contributed by atoms with E-state index in [9.17, 15) is 4.79 Å². The zero-order chi connectivity index (χ0) is 9.14. The summed E-state index contributed by atoms with van der Waals surface area (Å²) in [5.41, 5.74) is 2.22. The number of ether oxygens (including phenoxy) is 1. The third-order valence-electron chi connectivity index (χ3n) is 1.92. The first-order chi connectivity index (χ1) is 5.65. The summed E-state index contributed by atoms with van der Waals surface area (Å²) in [5, 5.41) is 0. The average Bonchev–Trinajstić information content (AvgIpc) is 2.30. The quantitative estimate of drug-likeness (QED) is 0.587. The van der Waals surface area contributed by atoms with Gasteiger partial charge in [-0.2, -0.15) is 0 Å². The summed E-state index contributed by atoms with van der Waals surface area (Å²) in [6.07, 6.45) is 3.95. The number of rotatable bonds is 2. The summed E-state index contributed by atoms with van der Waals surface area (Å²) >= 11 is 0. The molecular formula is C10H14O2. The molecule has 1 aliphatic rings. The minimum atomic E-state index is -0.136. The number of esters is 1. The molecule has 0 heterocycles. The molecule has 66 valence electrons. The van der Waals surface area contributed by atoms with Crippen molar-refractivity contribution in [2.24, 2.45) is 5.92 Å². The molecule has 0 aromatic carbocycles. The first kappa shape index (κ1) is 9.04. The van der Waals surface area contributed by atoms with E-state index in [0.29, 0.717) is 6.61 Å². The molecule has 0 bridgehead atoms. The van der Waals surface area contributed by atoms with E-state index in [0.717, 1.165) is 11.1 Å². The summed E-state index contributed by atoms with van der Waals surface area (Å²) < 4.78 is 4.92. The molecule has 0 aromatic heterocycles. The Bertz CT molecular complexity index is 249. The van der Waals surface area contributed by atoms with Gasteiger partial charge in [0.25, 0.3) is 0 Å². The molecule has 1 atom stereocenters. The Hall–Kier alpha value is -1.05. The minimum absolute atomic E-state index is 0.134. The van der Waals surface area contributed by atoms with Crippen molar-refractivity contribution < 1.29 is 9.53 Å². The second-order valence-corrected chi connectivity index (χ2v) is 3.03. The largest absolute Gasteiger partial charge is 0.465 e. The van der Waals surface area contributed by atoms with Gasteiger partial charge in [-0.3, -0.25) is 4.79 Å². The average molecular weight is 166 g/mol. The van der Waals surface area contributed by atoms with E-state index in [2.05, 4.69) is 0 Å². The zero-order valence-electron chi connectivity index (χ0n) is 7.76. The van der Waals surface area contributed by atoms with Gasteiger partial charge in [-0.15, -0.1) is 0 Å². The second-order valence-electron chi connectivity index (χ2n) is 3.03. The number of hydrogen-bond acceptors (Lipinski definition) is 2. The Morgan fingerprint density at radius 1 is 1.58 bits per heavy atom. The fourth-order valence-corrected chi connectivity index (χ4v) is 1.38. The normalized spacial score (nSPS) is 21.8. The highest BCUT2D eigenvalue weighted by atomic mass is 16.5. The first-order valence-corrected chi connectivity index (χ1v) is 4.18. The second kappa shape index (κ2) is 3.57. The maximum atomic E-state index is 11.3. The van der Waals surface area contributed by atoms with Gasteiger partial charge in [0.2, 0.25) is 0 Å². The van der Waals surface area contributed by atoms with Gasteiger partial charge in [-0.1, -0.05) is 23.3 Å². The van der Waals surface area contributed by atoms with Crippen molar-refractivity contribution in [3.05, 3.63) is 23.3 Å². The van der Waals surface area contributed by atoms with Gasteiger partial charge in [0.05, 0.1) is 12.5 Å². The fraction of sp³-hybridized carbons (Fsp3) is 0.500. The summed E-state index contributed by atoms with van der Waals surface area (Å²) in [6.45, 7) is 6.22. The van der Waals surface area contributed by atoms with E-state index in [1.165, 1.54) is 0 Å². The van der Waals surface area contributed by atoms with E-state index in [-0.39, 0.29) is 11.9 Å². The van der Waals surface area contributed by atoms with Crippen molar-refractivity contribution in [2.45, 2.75) is 20.8 Å². The number of hydrogen-bond donors (Lipinski definition) is 0. The van der Waals surface area contributed by atoms with E-state index in [1.807, 2.05) is 32.9 Å². The summed E-state index contributed by atoms with van der Waals surface area (Å²) in [6, 6.07) is 0. The van der Waals surface area contributed by atoms with Crippen LogP contribution in [0, 0.1) is 5.92 Å². The molecule has 0 spiro atoms. The number of carbonyl (C=O) groups excluding carboxylic acids is 1. The Morgan fingerprint density at radius 3 is 2.67 bits per heavy atom. The third kappa shape index (κ3) is 1.76. The molecule has 0 radical (unpaired) electrons. The lowest BCUT2D eigenvalue weighted by atomic mass is 10.1. The third-order valence-corrected chi connectivity index (χ3v) is 1.92. The van der Waals surface area contributed by atoms with Crippen LogP contribution in [0.2, 0.25) is 0 Å². The summed E-state index contributed by atoms with van der Waals surface area (Å²) in [4.78, 5) is 11.3. The molecule has 0 N–H and O–H groups in total. The van der Waals surface area contributed by atoms with Gasteiger partial charge in [-0.05, 0) is 20.8 Å². The molecule has 1 rings (SSSR count). The van der Waals surface area contributed by atoms with Gasteiger partial charge in [0.15, 0.2) is 0 Å². The van der Waals surface area contributed by atoms with E-state index < -0.39 is 0 Å². The molecule has 12 heavy (non-hydrogen) atoms. The predicted molar refractivity (Wildman–Crippen MR) is 47.6 cm³/mol. The topological polar surface area (TPSA) is 26.3 Å². The molecular weight excluding hydrogens is 152 g/mol. The van der Waals surface area contributed by atoms with Crippen molar-refractivity contribution in [1.82, 2.24) is 0 Å². The molecule has 1 unspecified atom stereocenters. The highest BCUT2D eigenvalue weighted by molar-refractivity contribution is 5.79. The molecule has 2 nitrogen and oxygen atoms in total. The van der Waals surface area contributed by atoms with Crippen LogP contribution in [0.15, 0.2) is 23.3 Å². The van der Waals surface area contributed by atoms with Gasteiger partial charge in [0, 0.05) is 0 Å². The van der Waals surface area contributed by atoms with Crippen molar-refractivity contribution in [3.63, 3.8) is 0 Å². The molecule has 0 saturated carbocycles. The van der Waals surface area contributed by atoms with Crippen LogP contribution in [0.1, 0.15) is 20.8 Å². The molecule has 0 aromatic rings. The van der Waals surface area contributed by atoms with Gasteiger partial charge < -0.3 is 4.74 Å². The van der Waals surface area contributed by atoms with Crippen LogP contribution >= 0.6 is 0 Å². The van der Waals surface area contributed by atoms with Crippen molar-refractivity contribution in [2.75, 3.05) is 6.61 Å². The van der Waals surface area contributed by atoms with Crippen LogP contribution in [0.3, 0.4) is 0 Å².